The van der Waals surface area contributed by atoms with Gasteiger partial charge in [-0.25, -0.2) is 13.8 Å². The molecule has 8 heterocycles. The number of benzene rings is 1. The lowest BCUT2D eigenvalue weighted by molar-refractivity contribution is -0.133. The summed E-state index contributed by atoms with van der Waals surface area (Å²) in [6.45, 7) is 9.33. The molecule has 0 radical (unpaired) electrons. The molecule has 0 saturated carbocycles. The van der Waals surface area contributed by atoms with E-state index in [-0.39, 0.29) is 29.3 Å². The van der Waals surface area contributed by atoms with Crippen LogP contribution in [-0.4, -0.2) is 96.5 Å². The number of nitrogens with zero attached hydrogens (tertiary/aromatic N) is 8. The second-order valence-electron chi connectivity index (χ2n) is 16.2. The molecule has 15 heteroatoms. The maximum atomic E-state index is 15.1. The van der Waals surface area contributed by atoms with Gasteiger partial charge in [0.25, 0.3) is 6.43 Å². The summed E-state index contributed by atoms with van der Waals surface area (Å²) in [5.74, 6) is 0.475. The number of fused-ring (bicyclic) bond motifs is 3. The minimum atomic E-state index is -2.74. The van der Waals surface area contributed by atoms with E-state index in [1.807, 2.05) is 35.3 Å². The van der Waals surface area contributed by atoms with Crippen molar-refractivity contribution in [3.8, 4) is 22.5 Å². The number of imidazole rings is 1. The molecular weight excluding hydrogens is 735 g/mol. The Bertz CT molecular complexity index is 2330. The Balaban J connectivity index is 1.04. The maximum Gasteiger partial charge on any atom is 0.264 e. The molecule has 57 heavy (non-hydrogen) atoms. The van der Waals surface area contributed by atoms with E-state index >= 15 is 8.78 Å². The average Bonchev–Trinajstić information content (AvgIpc) is 4.03. The van der Waals surface area contributed by atoms with E-state index in [1.165, 1.54) is 0 Å². The molecule has 9 rings (SSSR count). The van der Waals surface area contributed by atoms with Crippen LogP contribution in [0, 0.1) is 5.92 Å². The number of aliphatic hydroxyl groups is 1. The number of hydrogen-bond acceptors (Lipinski definition) is 9. The maximum absolute atomic E-state index is 15.1. The summed E-state index contributed by atoms with van der Waals surface area (Å²) in [5, 5.41) is 19.5. The zero-order valence-electron chi connectivity index (χ0n) is 32.5. The zero-order valence-corrected chi connectivity index (χ0v) is 32.5. The highest BCUT2D eigenvalue weighted by Crippen LogP contribution is 2.44. The Morgan fingerprint density at radius 3 is 2.56 bits per heavy atom. The summed E-state index contributed by atoms with van der Waals surface area (Å²) < 4.78 is 45.7. The van der Waals surface area contributed by atoms with Crippen molar-refractivity contribution in [3.05, 3.63) is 70.9 Å². The van der Waals surface area contributed by atoms with Gasteiger partial charge in [-0.15, -0.1) is 0 Å². The van der Waals surface area contributed by atoms with E-state index < -0.39 is 18.4 Å². The van der Waals surface area contributed by atoms with Crippen LogP contribution in [0.2, 0.25) is 0 Å². The van der Waals surface area contributed by atoms with Gasteiger partial charge in [0.15, 0.2) is 5.82 Å². The highest BCUT2D eigenvalue weighted by atomic mass is 19.3. The van der Waals surface area contributed by atoms with Crippen molar-refractivity contribution in [3.63, 3.8) is 0 Å². The highest BCUT2D eigenvalue weighted by Gasteiger charge is 2.37. The summed E-state index contributed by atoms with van der Waals surface area (Å²) in [7, 11) is 0. The standard InChI is InChI=1S/C42H48F2N8O5/c1-24(2)39(42(55)49-12-7-29(54)22-49)37-20-33(47-57-37)36-21-45-38-18-26(6-14-50(36)38)30-17-27-5-4-11-51(35(27)19-31(30)40(43)44)41-32-23-48(25(3)53)13-8-34(32)52(46-41)28-9-15-56-16-10-28/h6,14,17-21,24,28-29,39-40,54H,4-5,7-13,15-16,22-23H2,1-3H3. The van der Waals surface area contributed by atoms with Gasteiger partial charge in [-0.2, -0.15) is 5.10 Å². The predicted octanol–water partition coefficient (Wildman–Crippen LogP) is 6.46. The van der Waals surface area contributed by atoms with Crippen LogP contribution in [0.5, 0.6) is 0 Å². The number of amides is 2. The highest BCUT2D eigenvalue weighted by molar-refractivity contribution is 5.84. The number of aryl methyl sites for hydroxylation is 1. The lowest BCUT2D eigenvalue weighted by Crippen LogP contribution is -2.36. The van der Waals surface area contributed by atoms with E-state index in [1.54, 1.807) is 42.4 Å². The summed E-state index contributed by atoms with van der Waals surface area (Å²) in [6, 6.07) is 9.10. The molecule has 4 aliphatic heterocycles. The normalized spacial score (nSPS) is 19.5. The molecule has 0 aliphatic carbocycles. The lowest BCUT2D eigenvalue weighted by Gasteiger charge is -2.33. The third kappa shape index (κ3) is 6.77. The fourth-order valence-corrected chi connectivity index (χ4v) is 9.21. The van der Waals surface area contributed by atoms with Crippen molar-refractivity contribution in [2.24, 2.45) is 5.92 Å². The van der Waals surface area contributed by atoms with Gasteiger partial charge in [-0.1, -0.05) is 19.0 Å². The second kappa shape index (κ2) is 15.0. The van der Waals surface area contributed by atoms with E-state index in [0.29, 0.717) is 92.7 Å². The van der Waals surface area contributed by atoms with E-state index in [2.05, 4.69) is 19.7 Å². The van der Waals surface area contributed by atoms with Crippen LogP contribution in [0.4, 0.5) is 20.3 Å². The monoisotopic (exact) mass is 782 g/mol. The van der Waals surface area contributed by atoms with Gasteiger partial charge < -0.3 is 29.1 Å². The third-order valence-corrected chi connectivity index (χ3v) is 12.2. The number of carbonyl (C=O) groups excluding carboxylic acids is 2. The number of alkyl halides is 2. The fourth-order valence-electron chi connectivity index (χ4n) is 9.21. The Kier molecular flexibility index (Phi) is 9.84. The molecule has 13 nitrogen and oxygen atoms in total. The smallest absolute Gasteiger partial charge is 0.264 e. The van der Waals surface area contributed by atoms with Gasteiger partial charge in [-0.05, 0) is 79.0 Å². The predicted molar refractivity (Wildman–Crippen MR) is 207 cm³/mol. The van der Waals surface area contributed by atoms with Gasteiger partial charge in [0, 0.05) is 87.5 Å². The molecular formula is C42H48F2N8O5. The molecule has 2 atom stereocenters. The number of aromatic nitrogens is 5. The largest absolute Gasteiger partial charge is 0.391 e. The molecule has 0 bridgehead atoms. The minimum Gasteiger partial charge on any atom is -0.391 e. The van der Waals surface area contributed by atoms with E-state index in [9.17, 15) is 14.7 Å². The van der Waals surface area contributed by atoms with Gasteiger partial charge >= 0.3 is 0 Å². The van der Waals surface area contributed by atoms with Crippen molar-refractivity contribution >= 4 is 29.0 Å². The number of β-amino-alcohol motifs (C(OH)–C–C–N with tert-alkyl or cyclic N) is 1. The number of anilines is 2. The Morgan fingerprint density at radius 1 is 1.00 bits per heavy atom. The quantitative estimate of drug-likeness (QED) is 0.188. The summed E-state index contributed by atoms with van der Waals surface area (Å²) >= 11 is 0. The molecule has 0 spiro atoms. The third-order valence-electron chi connectivity index (χ3n) is 12.2. The van der Waals surface area contributed by atoms with Crippen LogP contribution in [0.25, 0.3) is 28.2 Å². The number of likely N-dealkylation sites (tertiary alicyclic amines) is 1. The molecule has 1 N–H and O–H groups in total. The number of hydrogen-bond donors (Lipinski definition) is 1. The number of ether oxygens (including phenoxy) is 1. The van der Waals surface area contributed by atoms with Crippen LogP contribution >= 0.6 is 0 Å². The lowest BCUT2D eigenvalue weighted by atomic mass is 9.91. The van der Waals surface area contributed by atoms with Gasteiger partial charge in [-0.3, -0.25) is 18.7 Å². The molecule has 4 aliphatic rings. The molecule has 4 aromatic heterocycles. The first-order valence-electron chi connectivity index (χ1n) is 20.1. The molecule has 1 aromatic carbocycles. The van der Waals surface area contributed by atoms with Gasteiger partial charge in [0.05, 0.1) is 30.6 Å². The number of halogens is 2. The summed E-state index contributed by atoms with van der Waals surface area (Å²) in [5.41, 5.74) is 6.49. The first kappa shape index (κ1) is 37.4. The topological polar surface area (TPSA) is 134 Å². The molecule has 2 fully saturated rings. The fraction of sp³-hybridized carbons (Fsp3) is 0.500. The SMILES string of the molecule is CC(=O)N1CCc2c(c(N3CCCc4cc(-c5ccn6c(-c7cc(C(C(=O)N8CCC(O)C8)C(C)C)on7)cnc6c5)c(C(F)F)cc43)nn2C2CCOCC2)C1. The van der Waals surface area contributed by atoms with Crippen LogP contribution in [0.3, 0.4) is 0 Å². The molecule has 2 unspecified atom stereocenters. The number of aliphatic hydroxyl groups excluding tert-OH is 1. The average molecular weight is 783 g/mol. The van der Waals surface area contributed by atoms with Crippen molar-refractivity contribution < 1.29 is 32.7 Å². The second-order valence-corrected chi connectivity index (χ2v) is 16.2. The van der Waals surface area contributed by atoms with E-state index in [0.717, 1.165) is 54.0 Å². The van der Waals surface area contributed by atoms with Gasteiger partial charge in [0.1, 0.15) is 23.0 Å². The molecule has 2 saturated heterocycles. The van der Waals surface area contributed by atoms with Crippen LogP contribution in [0.1, 0.15) is 93.0 Å². The van der Waals surface area contributed by atoms with Crippen LogP contribution in [0.15, 0.2) is 47.2 Å². The van der Waals surface area contributed by atoms with Crippen molar-refractivity contribution in [2.75, 3.05) is 44.3 Å². The Morgan fingerprint density at radius 2 is 1.82 bits per heavy atom. The first-order chi connectivity index (χ1) is 27.5. The van der Waals surface area contributed by atoms with Crippen molar-refractivity contribution in [1.29, 1.82) is 0 Å². The van der Waals surface area contributed by atoms with Crippen LogP contribution in [-0.2, 0) is 33.7 Å². The number of rotatable bonds is 8. The van der Waals surface area contributed by atoms with Gasteiger partial charge in [0.2, 0.25) is 11.8 Å². The van der Waals surface area contributed by atoms with Crippen molar-refractivity contribution in [2.45, 2.75) is 90.3 Å². The molecule has 2 amide bonds. The van der Waals surface area contributed by atoms with E-state index in [4.69, 9.17) is 14.4 Å². The first-order valence-corrected chi connectivity index (χ1v) is 20.1. The van der Waals surface area contributed by atoms with Crippen molar-refractivity contribution in [1.82, 2.24) is 34.1 Å². The molecule has 5 aromatic rings. The number of pyridine rings is 1. The Labute approximate surface area is 329 Å². The number of carbonyl (C=O) groups is 2. The summed E-state index contributed by atoms with van der Waals surface area (Å²) in [4.78, 5) is 36.2. The zero-order chi connectivity index (χ0) is 39.5. The Hall–Kier alpha value is -5.15. The minimum absolute atomic E-state index is 0.00724. The molecule has 300 valence electrons. The van der Waals surface area contributed by atoms with Crippen LogP contribution < -0.4 is 4.90 Å². The summed E-state index contributed by atoms with van der Waals surface area (Å²) in [6.07, 6.45) is 4.71.